The average Bonchev–Trinajstić information content (AvgIpc) is 2.67. The van der Waals surface area contributed by atoms with Crippen molar-refractivity contribution in [2.45, 2.75) is 6.04 Å². The number of nitrogens with one attached hydrogen (secondary N) is 1. The van der Waals surface area contributed by atoms with Gasteiger partial charge in [0, 0.05) is 26.2 Å². The number of amides is 3. The highest BCUT2D eigenvalue weighted by Crippen LogP contribution is 2.14. The molecular weight excluding hydrogens is 214 g/mol. The molecular formula is C9H15N3O4. The second kappa shape index (κ2) is 4.56. The zero-order chi connectivity index (χ0) is 11.5. The number of nitrogens with zero attached hydrogens (tertiary/aromatic N) is 2. The number of aliphatic hydroxyl groups excluding tert-OH is 1. The average molecular weight is 229 g/mol. The number of carbonyl (C=O) groups excluding carboxylic acids is 2. The van der Waals surface area contributed by atoms with Crippen molar-refractivity contribution in [2.24, 2.45) is 0 Å². The van der Waals surface area contributed by atoms with E-state index in [9.17, 15) is 9.59 Å². The van der Waals surface area contributed by atoms with Gasteiger partial charge in [-0.1, -0.05) is 0 Å². The van der Waals surface area contributed by atoms with E-state index in [2.05, 4.69) is 5.32 Å². The Labute approximate surface area is 92.9 Å². The summed E-state index contributed by atoms with van der Waals surface area (Å²) >= 11 is 0. The Hall–Kier alpha value is -1.50. The third-order valence-electron chi connectivity index (χ3n) is 2.81. The summed E-state index contributed by atoms with van der Waals surface area (Å²) in [6, 6.07) is -0.0173. The minimum absolute atomic E-state index is 0.0148. The van der Waals surface area contributed by atoms with Crippen LogP contribution in [0.5, 0.6) is 0 Å². The highest BCUT2D eigenvalue weighted by Gasteiger charge is 2.37. The number of ether oxygens (including phenoxy) is 1. The first-order valence-electron chi connectivity index (χ1n) is 5.29. The fourth-order valence-corrected chi connectivity index (χ4v) is 1.99. The number of aliphatic hydroxyl groups is 1. The second-order valence-corrected chi connectivity index (χ2v) is 3.82. The van der Waals surface area contributed by atoms with Gasteiger partial charge in [0.1, 0.15) is 6.61 Å². The summed E-state index contributed by atoms with van der Waals surface area (Å²) in [4.78, 5) is 26.1. The molecule has 0 aromatic carbocycles. The van der Waals surface area contributed by atoms with E-state index in [1.165, 1.54) is 0 Å². The van der Waals surface area contributed by atoms with Crippen LogP contribution in [0.2, 0.25) is 0 Å². The molecule has 7 heteroatoms. The molecule has 2 fully saturated rings. The fourth-order valence-electron chi connectivity index (χ4n) is 1.99. The van der Waals surface area contributed by atoms with E-state index in [0.717, 1.165) is 0 Å². The van der Waals surface area contributed by atoms with Gasteiger partial charge in [0.25, 0.3) is 0 Å². The molecule has 1 unspecified atom stereocenters. The molecule has 2 aliphatic heterocycles. The van der Waals surface area contributed by atoms with Gasteiger partial charge in [-0.2, -0.15) is 0 Å². The van der Waals surface area contributed by atoms with Crippen LogP contribution >= 0.6 is 0 Å². The molecule has 7 nitrogen and oxygen atoms in total. The van der Waals surface area contributed by atoms with Gasteiger partial charge in [0.2, 0.25) is 0 Å². The first kappa shape index (κ1) is 11.0. The number of fused-ring (bicyclic) bond motifs is 1. The van der Waals surface area contributed by atoms with Crippen LogP contribution < -0.4 is 5.32 Å². The fraction of sp³-hybridized carbons (Fsp3) is 0.778. The summed E-state index contributed by atoms with van der Waals surface area (Å²) in [5.74, 6) is 0. The van der Waals surface area contributed by atoms with Gasteiger partial charge in [0.15, 0.2) is 0 Å². The van der Waals surface area contributed by atoms with Gasteiger partial charge in [-0.3, -0.25) is 0 Å². The van der Waals surface area contributed by atoms with Crippen molar-refractivity contribution in [3.63, 3.8) is 0 Å². The van der Waals surface area contributed by atoms with E-state index in [4.69, 9.17) is 9.84 Å². The molecule has 2 heterocycles. The molecule has 1 atom stereocenters. The lowest BCUT2D eigenvalue weighted by atomic mass is 10.2. The largest absolute Gasteiger partial charge is 0.447 e. The van der Waals surface area contributed by atoms with Crippen LogP contribution in [0.15, 0.2) is 0 Å². The number of hydrogen-bond acceptors (Lipinski definition) is 4. The molecule has 0 bridgehead atoms. The summed E-state index contributed by atoms with van der Waals surface area (Å²) in [5.41, 5.74) is 0. The summed E-state index contributed by atoms with van der Waals surface area (Å²) in [6.45, 7) is 1.92. The Morgan fingerprint density at radius 3 is 3.12 bits per heavy atom. The third kappa shape index (κ3) is 2.04. The van der Waals surface area contributed by atoms with Gasteiger partial charge >= 0.3 is 12.1 Å². The SMILES string of the molecule is O=C(OCCO)N1CCN2C(=O)NCC2C1. The maximum atomic E-state index is 11.5. The van der Waals surface area contributed by atoms with E-state index < -0.39 is 6.09 Å². The van der Waals surface area contributed by atoms with Crippen molar-refractivity contribution in [2.75, 3.05) is 39.4 Å². The smallest absolute Gasteiger partial charge is 0.409 e. The Kier molecular flexibility index (Phi) is 3.14. The summed E-state index contributed by atoms with van der Waals surface area (Å²) in [6.07, 6.45) is -0.423. The molecule has 0 spiro atoms. The minimum Gasteiger partial charge on any atom is -0.447 e. The standard InChI is InChI=1S/C9H15N3O4/c13-3-4-16-9(15)11-1-2-12-7(6-11)5-10-8(12)14/h7,13H,1-6H2,(H,10,14). The van der Waals surface area contributed by atoms with Crippen LogP contribution in [0.4, 0.5) is 9.59 Å². The molecule has 0 aliphatic carbocycles. The highest BCUT2D eigenvalue weighted by molar-refractivity contribution is 5.77. The van der Waals surface area contributed by atoms with Crippen LogP contribution in [0.3, 0.4) is 0 Å². The lowest BCUT2D eigenvalue weighted by Crippen LogP contribution is -2.53. The third-order valence-corrected chi connectivity index (χ3v) is 2.81. The Morgan fingerprint density at radius 1 is 1.56 bits per heavy atom. The van der Waals surface area contributed by atoms with Gasteiger partial charge in [-0.15, -0.1) is 0 Å². The maximum Gasteiger partial charge on any atom is 0.409 e. The molecule has 0 saturated carbocycles. The van der Waals surface area contributed by atoms with Gasteiger partial charge in [-0.25, -0.2) is 9.59 Å². The topological polar surface area (TPSA) is 82.1 Å². The normalized spacial score (nSPS) is 24.1. The number of hydrogen-bond donors (Lipinski definition) is 2. The molecule has 16 heavy (non-hydrogen) atoms. The quantitative estimate of drug-likeness (QED) is 0.624. The van der Waals surface area contributed by atoms with E-state index in [1.807, 2.05) is 0 Å². The summed E-state index contributed by atoms with van der Waals surface area (Å²) in [7, 11) is 0. The molecule has 2 rings (SSSR count). The molecule has 90 valence electrons. The van der Waals surface area contributed by atoms with Gasteiger partial charge in [0.05, 0.1) is 12.6 Å². The zero-order valence-corrected chi connectivity index (χ0v) is 8.89. The molecule has 0 radical (unpaired) electrons. The van der Waals surface area contributed by atoms with Crippen LogP contribution in [0, 0.1) is 0 Å². The molecule has 0 aromatic heterocycles. The van der Waals surface area contributed by atoms with Crippen LogP contribution in [0.25, 0.3) is 0 Å². The highest BCUT2D eigenvalue weighted by atomic mass is 16.6. The van der Waals surface area contributed by atoms with Crippen molar-refractivity contribution in [1.29, 1.82) is 0 Å². The predicted octanol–water partition coefficient (Wildman–Crippen LogP) is -1.18. The van der Waals surface area contributed by atoms with Crippen molar-refractivity contribution in [1.82, 2.24) is 15.1 Å². The van der Waals surface area contributed by atoms with E-state index >= 15 is 0 Å². The van der Waals surface area contributed by atoms with Crippen molar-refractivity contribution in [3.05, 3.63) is 0 Å². The first-order valence-corrected chi connectivity index (χ1v) is 5.29. The van der Waals surface area contributed by atoms with Gasteiger partial charge in [-0.05, 0) is 0 Å². The summed E-state index contributed by atoms with van der Waals surface area (Å²) in [5, 5.41) is 11.3. The predicted molar refractivity (Wildman–Crippen MR) is 53.9 cm³/mol. The van der Waals surface area contributed by atoms with Gasteiger partial charge < -0.3 is 25.0 Å². The number of carbonyl (C=O) groups is 2. The maximum absolute atomic E-state index is 11.5. The lowest BCUT2D eigenvalue weighted by molar-refractivity contribution is 0.0614. The number of piperazine rings is 1. The number of rotatable bonds is 2. The Balaban J connectivity index is 1.86. The Morgan fingerprint density at radius 2 is 2.38 bits per heavy atom. The van der Waals surface area contributed by atoms with E-state index in [0.29, 0.717) is 26.2 Å². The summed E-state index contributed by atoms with van der Waals surface area (Å²) < 4.78 is 4.82. The zero-order valence-electron chi connectivity index (χ0n) is 8.89. The van der Waals surface area contributed by atoms with Crippen LogP contribution in [-0.2, 0) is 4.74 Å². The molecule has 2 saturated heterocycles. The van der Waals surface area contributed by atoms with E-state index in [-0.39, 0.29) is 25.3 Å². The monoisotopic (exact) mass is 229 g/mol. The first-order chi connectivity index (χ1) is 7.72. The Bertz CT molecular complexity index is 296. The van der Waals surface area contributed by atoms with Crippen LogP contribution in [0.1, 0.15) is 0 Å². The molecule has 3 amide bonds. The molecule has 2 N–H and O–H groups in total. The van der Waals surface area contributed by atoms with E-state index in [1.54, 1.807) is 9.80 Å². The number of urea groups is 1. The van der Waals surface area contributed by atoms with Crippen molar-refractivity contribution < 1.29 is 19.4 Å². The molecule has 2 aliphatic rings. The van der Waals surface area contributed by atoms with Crippen molar-refractivity contribution in [3.8, 4) is 0 Å². The lowest BCUT2D eigenvalue weighted by Gasteiger charge is -2.35. The van der Waals surface area contributed by atoms with Crippen molar-refractivity contribution >= 4 is 12.1 Å². The van der Waals surface area contributed by atoms with Crippen LogP contribution in [-0.4, -0.2) is 72.5 Å². The second-order valence-electron chi connectivity index (χ2n) is 3.82. The molecule has 0 aromatic rings. The minimum atomic E-state index is -0.423.